The fourth-order valence-corrected chi connectivity index (χ4v) is 2.56. The van der Waals surface area contributed by atoms with E-state index in [-0.39, 0.29) is 5.60 Å². The molecule has 1 N–H and O–H groups in total. The lowest BCUT2D eigenvalue weighted by atomic mass is 10.0. The van der Waals surface area contributed by atoms with Crippen LogP contribution in [0.25, 0.3) is 0 Å². The quantitative estimate of drug-likeness (QED) is 0.690. The van der Waals surface area contributed by atoms with Gasteiger partial charge >= 0.3 is 0 Å². The molecule has 114 valence electrons. The van der Waals surface area contributed by atoms with E-state index >= 15 is 0 Å². The van der Waals surface area contributed by atoms with Crippen LogP contribution in [0.4, 0.5) is 11.4 Å². The van der Waals surface area contributed by atoms with Gasteiger partial charge in [-0.1, -0.05) is 18.2 Å². The molecule has 0 aromatic heterocycles. The number of hydrazone groups is 1. The number of nitrogens with one attached hydrogen (secondary N) is 1. The third-order valence-electron chi connectivity index (χ3n) is 3.57. The van der Waals surface area contributed by atoms with Crippen LogP contribution < -0.4 is 10.1 Å². The Morgan fingerprint density at radius 3 is 2.64 bits per heavy atom. The van der Waals surface area contributed by atoms with E-state index in [9.17, 15) is 0 Å². The molecule has 0 aliphatic carbocycles. The number of benzene rings is 2. The molecule has 0 amide bonds. The number of rotatable bonds is 4. The van der Waals surface area contributed by atoms with E-state index in [2.05, 4.69) is 35.5 Å². The Balaban J connectivity index is 1.77. The highest BCUT2D eigenvalue weighted by atomic mass is 16.5. The summed E-state index contributed by atoms with van der Waals surface area (Å²) in [6.45, 7) is 2.06. The lowest BCUT2D eigenvalue weighted by Gasteiger charge is -2.19. The predicted octanol–water partition coefficient (Wildman–Crippen LogP) is 3.67. The van der Waals surface area contributed by atoms with Gasteiger partial charge in [-0.2, -0.15) is 5.10 Å². The zero-order valence-electron chi connectivity index (χ0n) is 13.2. The van der Waals surface area contributed by atoms with Gasteiger partial charge in [-0.15, -0.1) is 0 Å². The Morgan fingerprint density at radius 1 is 1.14 bits per heavy atom. The van der Waals surface area contributed by atoms with Gasteiger partial charge in [0.05, 0.1) is 6.21 Å². The van der Waals surface area contributed by atoms with E-state index in [1.807, 2.05) is 50.6 Å². The maximum Gasteiger partial charge on any atom is 0.147 e. The van der Waals surface area contributed by atoms with E-state index in [0.717, 1.165) is 23.5 Å². The molecule has 1 heterocycles. The molecule has 22 heavy (non-hydrogen) atoms. The number of anilines is 2. The average molecular weight is 295 g/mol. The molecule has 1 aliphatic heterocycles. The van der Waals surface area contributed by atoms with Crippen molar-refractivity contribution in [3.63, 3.8) is 0 Å². The summed E-state index contributed by atoms with van der Waals surface area (Å²) in [4.78, 5) is 0. The Bertz CT molecular complexity index is 682. The SMILES string of the molecule is CN(C)/N=C/C1(C)Cc2cc(Nc3ccccc3)ccc2O1. The van der Waals surface area contributed by atoms with Crippen molar-refractivity contribution >= 4 is 17.6 Å². The Labute approximate surface area is 131 Å². The molecule has 1 unspecified atom stereocenters. The summed E-state index contributed by atoms with van der Waals surface area (Å²) < 4.78 is 6.05. The fourth-order valence-electron chi connectivity index (χ4n) is 2.56. The summed E-state index contributed by atoms with van der Waals surface area (Å²) in [5.41, 5.74) is 2.98. The van der Waals surface area contributed by atoms with Gasteiger partial charge < -0.3 is 15.1 Å². The van der Waals surface area contributed by atoms with E-state index < -0.39 is 0 Å². The summed E-state index contributed by atoms with van der Waals surface area (Å²) in [6, 6.07) is 16.4. The van der Waals surface area contributed by atoms with Crippen LogP contribution >= 0.6 is 0 Å². The van der Waals surface area contributed by atoms with E-state index in [4.69, 9.17) is 4.74 Å². The Kier molecular flexibility index (Phi) is 3.75. The van der Waals surface area contributed by atoms with Gasteiger partial charge in [0.25, 0.3) is 0 Å². The van der Waals surface area contributed by atoms with Crippen LogP contribution in [0.3, 0.4) is 0 Å². The third-order valence-corrected chi connectivity index (χ3v) is 3.57. The molecule has 4 heteroatoms. The van der Waals surface area contributed by atoms with Crippen molar-refractivity contribution in [1.82, 2.24) is 5.01 Å². The molecule has 0 fully saturated rings. The fraction of sp³-hybridized carbons (Fsp3) is 0.278. The second-order valence-electron chi connectivity index (χ2n) is 6.00. The second-order valence-corrected chi connectivity index (χ2v) is 6.00. The van der Waals surface area contributed by atoms with Gasteiger partial charge in [0.15, 0.2) is 0 Å². The number of ether oxygens (including phenoxy) is 1. The average Bonchev–Trinajstić information content (AvgIpc) is 2.82. The van der Waals surface area contributed by atoms with Crippen LogP contribution in [-0.4, -0.2) is 30.9 Å². The zero-order valence-corrected chi connectivity index (χ0v) is 13.2. The summed E-state index contributed by atoms with van der Waals surface area (Å²) in [5, 5.41) is 9.51. The first-order valence-corrected chi connectivity index (χ1v) is 7.41. The first-order chi connectivity index (χ1) is 10.5. The first kappa shape index (κ1) is 14.4. The first-order valence-electron chi connectivity index (χ1n) is 7.41. The molecule has 0 saturated carbocycles. The summed E-state index contributed by atoms with van der Waals surface area (Å²) in [6.07, 6.45) is 2.70. The minimum absolute atomic E-state index is 0.377. The minimum atomic E-state index is -0.377. The normalized spacial score (nSPS) is 19.8. The minimum Gasteiger partial charge on any atom is -0.481 e. The van der Waals surface area contributed by atoms with E-state index in [1.54, 1.807) is 5.01 Å². The molecule has 1 atom stereocenters. The number of hydrogen-bond donors (Lipinski definition) is 1. The van der Waals surface area contributed by atoms with Gasteiger partial charge in [-0.3, -0.25) is 0 Å². The molecular formula is C18H21N3O. The molecule has 0 bridgehead atoms. The summed E-state index contributed by atoms with van der Waals surface area (Å²) in [5.74, 6) is 0.936. The number of nitrogens with zero attached hydrogens (tertiary/aromatic N) is 2. The van der Waals surface area contributed by atoms with Crippen molar-refractivity contribution < 1.29 is 4.74 Å². The molecule has 0 spiro atoms. The van der Waals surface area contributed by atoms with Crippen LogP contribution in [0.5, 0.6) is 5.75 Å². The number of hydrogen-bond acceptors (Lipinski definition) is 4. The number of fused-ring (bicyclic) bond motifs is 1. The van der Waals surface area contributed by atoms with Gasteiger partial charge in [-0.05, 0) is 37.3 Å². The second kappa shape index (κ2) is 5.72. The highest BCUT2D eigenvalue weighted by Crippen LogP contribution is 2.36. The predicted molar refractivity (Wildman–Crippen MR) is 91.1 cm³/mol. The highest BCUT2D eigenvalue weighted by Gasteiger charge is 2.33. The van der Waals surface area contributed by atoms with Gasteiger partial charge in [0.2, 0.25) is 0 Å². The van der Waals surface area contributed by atoms with E-state index in [0.29, 0.717) is 0 Å². The lowest BCUT2D eigenvalue weighted by molar-refractivity contribution is 0.195. The van der Waals surface area contributed by atoms with Crippen molar-refractivity contribution in [2.75, 3.05) is 19.4 Å². The van der Waals surface area contributed by atoms with Crippen LogP contribution in [0.1, 0.15) is 12.5 Å². The largest absolute Gasteiger partial charge is 0.481 e. The van der Waals surface area contributed by atoms with Crippen LogP contribution in [-0.2, 0) is 6.42 Å². The van der Waals surface area contributed by atoms with Crippen molar-refractivity contribution in [2.24, 2.45) is 5.10 Å². The Morgan fingerprint density at radius 2 is 1.91 bits per heavy atom. The molecule has 3 rings (SSSR count). The van der Waals surface area contributed by atoms with Crippen molar-refractivity contribution in [1.29, 1.82) is 0 Å². The van der Waals surface area contributed by atoms with Crippen LogP contribution in [0, 0.1) is 0 Å². The topological polar surface area (TPSA) is 36.9 Å². The summed E-state index contributed by atoms with van der Waals surface area (Å²) in [7, 11) is 3.81. The van der Waals surface area contributed by atoms with Crippen molar-refractivity contribution in [2.45, 2.75) is 18.9 Å². The molecule has 2 aromatic carbocycles. The molecule has 0 saturated heterocycles. The van der Waals surface area contributed by atoms with Crippen molar-refractivity contribution in [3.05, 3.63) is 54.1 Å². The third kappa shape index (κ3) is 3.22. The van der Waals surface area contributed by atoms with Crippen LogP contribution in [0.2, 0.25) is 0 Å². The van der Waals surface area contributed by atoms with Gasteiger partial charge in [-0.25, -0.2) is 0 Å². The van der Waals surface area contributed by atoms with E-state index in [1.165, 1.54) is 5.56 Å². The maximum atomic E-state index is 6.05. The maximum absolute atomic E-state index is 6.05. The standard InChI is InChI=1S/C18H21N3O/c1-18(13-19-21(2)3)12-14-11-16(9-10-17(14)22-18)20-15-7-5-4-6-8-15/h4-11,13,20H,12H2,1-3H3/b19-13+. The molecule has 2 aromatic rings. The zero-order chi connectivity index (χ0) is 15.6. The molecular weight excluding hydrogens is 274 g/mol. The monoisotopic (exact) mass is 295 g/mol. The molecule has 4 nitrogen and oxygen atoms in total. The smallest absolute Gasteiger partial charge is 0.147 e. The van der Waals surface area contributed by atoms with Gasteiger partial charge in [0, 0.05) is 37.5 Å². The highest BCUT2D eigenvalue weighted by molar-refractivity contribution is 5.72. The molecule has 1 aliphatic rings. The lowest BCUT2D eigenvalue weighted by Crippen LogP contribution is -2.32. The number of para-hydroxylation sites is 1. The Hall–Kier alpha value is -2.49. The molecule has 0 radical (unpaired) electrons. The van der Waals surface area contributed by atoms with Gasteiger partial charge in [0.1, 0.15) is 11.4 Å². The van der Waals surface area contributed by atoms with Crippen molar-refractivity contribution in [3.8, 4) is 5.75 Å². The summed E-state index contributed by atoms with van der Waals surface area (Å²) >= 11 is 0. The van der Waals surface area contributed by atoms with Crippen LogP contribution in [0.15, 0.2) is 53.6 Å².